The first kappa shape index (κ1) is 16.5. The van der Waals surface area contributed by atoms with Crippen LogP contribution >= 0.6 is 0 Å². The molecule has 0 bridgehead atoms. The first-order valence-corrected chi connectivity index (χ1v) is 9.00. The van der Waals surface area contributed by atoms with Gasteiger partial charge in [0.1, 0.15) is 5.82 Å². The van der Waals surface area contributed by atoms with E-state index in [9.17, 15) is 9.59 Å². The van der Waals surface area contributed by atoms with Gasteiger partial charge < -0.3 is 10.3 Å². The van der Waals surface area contributed by atoms with Gasteiger partial charge in [0.05, 0.1) is 23.1 Å². The van der Waals surface area contributed by atoms with Crippen molar-refractivity contribution in [2.75, 3.05) is 0 Å². The van der Waals surface area contributed by atoms with E-state index in [2.05, 4.69) is 25.5 Å². The van der Waals surface area contributed by atoms with Gasteiger partial charge in [0.15, 0.2) is 0 Å². The molecule has 1 aliphatic carbocycles. The summed E-state index contributed by atoms with van der Waals surface area (Å²) in [5.74, 6) is 0.382. The van der Waals surface area contributed by atoms with Crippen LogP contribution < -0.4 is 10.9 Å². The van der Waals surface area contributed by atoms with E-state index < -0.39 is 0 Å². The van der Waals surface area contributed by atoms with Crippen LogP contribution in [0.4, 0.5) is 0 Å². The smallest absolute Gasteiger partial charge is 0.258 e. The molecule has 3 N–H and O–H groups in total. The van der Waals surface area contributed by atoms with Crippen LogP contribution in [0.25, 0.3) is 10.9 Å². The van der Waals surface area contributed by atoms with Gasteiger partial charge in [0.2, 0.25) is 5.91 Å². The maximum Gasteiger partial charge on any atom is 0.258 e. The Hall–Kier alpha value is -2.96. The lowest BCUT2D eigenvalue weighted by atomic mass is 9.95. The first-order chi connectivity index (χ1) is 12.7. The number of hydrogen-bond donors (Lipinski definition) is 3. The standard InChI is InChI=1S/C19H21N5O2/c25-18(10-9-16-12-5-1-4-8-15(12)23-24-16)20-11-17-21-14-7-3-2-6-13(14)19(26)22-17/h2-3,6-7H,1,4-5,8-11H2,(H,20,25)(H,23,24)(H,21,22,26). The van der Waals surface area contributed by atoms with Crippen LogP contribution in [0.2, 0.25) is 0 Å². The maximum absolute atomic E-state index is 12.2. The molecule has 134 valence electrons. The number of fused-ring (bicyclic) bond motifs is 2. The number of nitrogens with zero attached hydrogens (tertiary/aromatic N) is 2. The average molecular weight is 351 g/mol. The monoisotopic (exact) mass is 351 g/mol. The number of aromatic nitrogens is 4. The van der Waals surface area contributed by atoms with Gasteiger partial charge in [0.25, 0.3) is 5.56 Å². The minimum absolute atomic E-state index is 0.0756. The zero-order valence-electron chi connectivity index (χ0n) is 14.5. The minimum atomic E-state index is -0.192. The van der Waals surface area contributed by atoms with Gasteiger partial charge in [-0.05, 0) is 43.4 Å². The number of benzene rings is 1. The summed E-state index contributed by atoms with van der Waals surface area (Å²) < 4.78 is 0. The predicted octanol–water partition coefficient (Wildman–Crippen LogP) is 1.77. The number of H-pyrrole nitrogens is 2. The second kappa shape index (κ2) is 7.11. The van der Waals surface area contributed by atoms with Crippen molar-refractivity contribution in [1.29, 1.82) is 0 Å². The van der Waals surface area contributed by atoms with Crippen molar-refractivity contribution in [3.8, 4) is 0 Å². The van der Waals surface area contributed by atoms with Crippen LogP contribution in [0, 0.1) is 0 Å². The third-order valence-corrected chi connectivity index (χ3v) is 4.85. The molecule has 0 saturated heterocycles. The number of aryl methyl sites for hydroxylation is 2. The zero-order valence-corrected chi connectivity index (χ0v) is 14.5. The molecule has 0 spiro atoms. The summed E-state index contributed by atoms with van der Waals surface area (Å²) in [6, 6.07) is 7.15. The Bertz CT molecular complexity index is 1000. The number of carbonyl (C=O) groups excluding carboxylic acids is 1. The van der Waals surface area contributed by atoms with Crippen molar-refractivity contribution >= 4 is 16.8 Å². The first-order valence-electron chi connectivity index (χ1n) is 9.00. The third kappa shape index (κ3) is 3.37. The topological polar surface area (TPSA) is 104 Å². The highest BCUT2D eigenvalue weighted by atomic mass is 16.1. The molecule has 0 atom stereocenters. The number of hydrogen-bond acceptors (Lipinski definition) is 4. The number of rotatable bonds is 5. The summed E-state index contributed by atoms with van der Waals surface area (Å²) in [5.41, 5.74) is 3.97. The van der Waals surface area contributed by atoms with Crippen molar-refractivity contribution < 1.29 is 4.79 Å². The summed E-state index contributed by atoms with van der Waals surface area (Å²) in [4.78, 5) is 31.3. The van der Waals surface area contributed by atoms with Gasteiger partial charge in [-0.1, -0.05) is 12.1 Å². The van der Waals surface area contributed by atoms with Gasteiger partial charge in [-0.25, -0.2) is 4.98 Å². The molecule has 0 radical (unpaired) electrons. The largest absolute Gasteiger partial charge is 0.349 e. The molecule has 7 nitrogen and oxygen atoms in total. The van der Waals surface area contributed by atoms with Crippen molar-refractivity contribution in [2.45, 2.75) is 45.1 Å². The summed E-state index contributed by atoms with van der Waals surface area (Å²) in [6.07, 6.45) is 5.48. The third-order valence-electron chi connectivity index (χ3n) is 4.85. The fraction of sp³-hybridized carbons (Fsp3) is 0.368. The molecule has 0 unspecified atom stereocenters. The van der Waals surface area contributed by atoms with E-state index in [0.29, 0.717) is 29.6 Å². The highest BCUT2D eigenvalue weighted by molar-refractivity contribution is 5.77. The Labute approximate surface area is 150 Å². The van der Waals surface area contributed by atoms with Crippen LogP contribution in [0.3, 0.4) is 0 Å². The van der Waals surface area contributed by atoms with Crippen LogP contribution in [0.15, 0.2) is 29.1 Å². The van der Waals surface area contributed by atoms with Gasteiger partial charge in [-0.15, -0.1) is 0 Å². The van der Waals surface area contributed by atoms with E-state index in [1.807, 2.05) is 6.07 Å². The van der Waals surface area contributed by atoms with Crippen LogP contribution in [-0.4, -0.2) is 26.1 Å². The molecule has 0 aliphatic heterocycles. The molecular formula is C19H21N5O2. The molecular weight excluding hydrogens is 330 g/mol. The Balaban J connectivity index is 1.36. The number of nitrogens with one attached hydrogen (secondary N) is 3. The van der Waals surface area contributed by atoms with Crippen molar-refractivity contribution in [1.82, 2.24) is 25.5 Å². The minimum Gasteiger partial charge on any atom is -0.349 e. The molecule has 7 heteroatoms. The molecule has 2 aromatic heterocycles. The molecule has 3 aromatic rings. The lowest BCUT2D eigenvalue weighted by Crippen LogP contribution is -2.26. The highest BCUT2D eigenvalue weighted by Gasteiger charge is 2.17. The number of amides is 1. The molecule has 0 fully saturated rings. The van der Waals surface area contributed by atoms with E-state index in [-0.39, 0.29) is 18.0 Å². The fourth-order valence-corrected chi connectivity index (χ4v) is 3.48. The van der Waals surface area contributed by atoms with Crippen LogP contribution in [0.5, 0.6) is 0 Å². The molecule has 1 amide bonds. The SMILES string of the molecule is O=C(CCc1n[nH]c2c1CCCC2)NCc1nc2ccccc2c(=O)[nH]1. The van der Waals surface area contributed by atoms with Crippen LogP contribution in [0.1, 0.15) is 42.0 Å². The zero-order chi connectivity index (χ0) is 17.9. The van der Waals surface area contributed by atoms with Gasteiger partial charge >= 0.3 is 0 Å². The number of aromatic amines is 2. The van der Waals surface area contributed by atoms with Crippen LogP contribution in [-0.2, 0) is 30.6 Å². The fourth-order valence-electron chi connectivity index (χ4n) is 3.48. The van der Waals surface area contributed by atoms with E-state index in [0.717, 1.165) is 18.5 Å². The summed E-state index contributed by atoms with van der Waals surface area (Å²) >= 11 is 0. The molecule has 1 aromatic carbocycles. The van der Waals surface area contributed by atoms with Gasteiger partial charge in [-0.3, -0.25) is 14.7 Å². The Morgan fingerprint density at radius 2 is 2.04 bits per heavy atom. The van der Waals surface area contributed by atoms with Crippen molar-refractivity contribution in [3.05, 3.63) is 57.4 Å². The van der Waals surface area contributed by atoms with E-state index in [1.54, 1.807) is 18.2 Å². The lowest BCUT2D eigenvalue weighted by Gasteiger charge is -2.11. The maximum atomic E-state index is 12.2. The second-order valence-corrected chi connectivity index (χ2v) is 6.64. The Kier molecular flexibility index (Phi) is 4.51. The van der Waals surface area contributed by atoms with Crippen molar-refractivity contribution in [2.24, 2.45) is 0 Å². The van der Waals surface area contributed by atoms with Gasteiger partial charge in [-0.2, -0.15) is 5.10 Å². The molecule has 26 heavy (non-hydrogen) atoms. The Morgan fingerprint density at radius 3 is 2.96 bits per heavy atom. The predicted molar refractivity (Wildman–Crippen MR) is 97.8 cm³/mol. The number of carbonyl (C=O) groups is 1. The van der Waals surface area contributed by atoms with Gasteiger partial charge in [0, 0.05) is 18.5 Å². The summed E-state index contributed by atoms with van der Waals surface area (Å²) in [7, 11) is 0. The van der Waals surface area contributed by atoms with E-state index in [4.69, 9.17) is 0 Å². The average Bonchev–Trinajstić information content (AvgIpc) is 3.08. The number of para-hydroxylation sites is 1. The molecule has 4 rings (SSSR count). The Morgan fingerprint density at radius 1 is 1.19 bits per heavy atom. The molecule has 2 heterocycles. The van der Waals surface area contributed by atoms with E-state index in [1.165, 1.54) is 24.1 Å². The molecule has 1 aliphatic rings. The normalized spacial score (nSPS) is 13.5. The quantitative estimate of drug-likeness (QED) is 0.652. The van der Waals surface area contributed by atoms with E-state index >= 15 is 0 Å². The molecule has 0 saturated carbocycles. The summed E-state index contributed by atoms with van der Waals surface area (Å²) in [5, 5.41) is 10.8. The highest BCUT2D eigenvalue weighted by Crippen LogP contribution is 2.22. The van der Waals surface area contributed by atoms with Crippen molar-refractivity contribution in [3.63, 3.8) is 0 Å². The lowest BCUT2D eigenvalue weighted by molar-refractivity contribution is -0.121. The second-order valence-electron chi connectivity index (χ2n) is 6.64. The summed E-state index contributed by atoms with van der Waals surface area (Å²) in [6.45, 7) is 0.206.